The molecule has 1 heteroatoms. The molecular weight excluding hydrogens is 326 g/mol. The highest BCUT2D eigenvalue weighted by molar-refractivity contribution is 5.61. The fourth-order valence-corrected chi connectivity index (χ4v) is 7.49. The van der Waals surface area contributed by atoms with E-state index in [-0.39, 0.29) is 5.41 Å². The van der Waals surface area contributed by atoms with Crippen molar-refractivity contribution in [3.63, 3.8) is 0 Å². The molecule has 0 amide bonds. The molecule has 0 radical (unpaired) electrons. The first-order valence-electron chi connectivity index (χ1n) is 11.1. The molecule has 6 rings (SSSR count). The van der Waals surface area contributed by atoms with Crippen molar-refractivity contribution in [3.05, 3.63) is 70.8 Å². The van der Waals surface area contributed by atoms with Crippen molar-refractivity contribution in [1.29, 1.82) is 0 Å². The maximum atomic E-state index is 2.85. The third-order valence-electron chi connectivity index (χ3n) is 8.51. The molecule has 1 spiro atoms. The van der Waals surface area contributed by atoms with Crippen LogP contribution in [0.4, 0.5) is 0 Å². The van der Waals surface area contributed by atoms with Gasteiger partial charge in [0.2, 0.25) is 0 Å². The van der Waals surface area contributed by atoms with Crippen LogP contribution < -0.4 is 0 Å². The summed E-state index contributed by atoms with van der Waals surface area (Å²) in [6, 6.07) is 18.8. The molecule has 1 nitrogen and oxygen atoms in total. The molecular formula is C26H31N. The standard InChI is InChI=1S/C26H31N/c1-25-17-26(23-14-8-7-13-22(23)25)18-27(15-19-9-3-2-4-10-19)16-24(26)20-11-5-6-12-21(20)25/h5-8,11-14,19,24H,2-4,9-10,15-18H2,1H3. The maximum Gasteiger partial charge on any atom is 0.0189 e. The van der Waals surface area contributed by atoms with Gasteiger partial charge in [0.05, 0.1) is 0 Å². The van der Waals surface area contributed by atoms with Gasteiger partial charge in [-0.3, -0.25) is 0 Å². The van der Waals surface area contributed by atoms with Crippen molar-refractivity contribution >= 4 is 0 Å². The largest absolute Gasteiger partial charge is 0.302 e. The van der Waals surface area contributed by atoms with Gasteiger partial charge in [0.1, 0.15) is 0 Å². The molecule has 27 heavy (non-hydrogen) atoms. The summed E-state index contributed by atoms with van der Waals surface area (Å²) in [5.41, 5.74) is 7.07. The monoisotopic (exact) mass is 357 g/mol. The van der Waals surface area contributed by atoms with Gasteiger partial charge in [-0.25, -0.2) is 0 Å². The fourth-order valence-electron chi connectivity index (χ4n) is 7.49. The van der Waals surface area contributed by atoms with E-state index in [2.05, 4.69) is 60.4 Å². The quantitative estimate of drug-likeness (QED) is 0.673. The molecule has 1 saturated heterocycles. The first-order valence-corrected chi connectivity index (χ1v) is 11.1. The molecule has 3 atom stereocenters. The molecule has 2 aromatic carbocycles. The molecule has 2 fully saturated rings. The van der Waals surface area contributed by atoms with E-state index in [1.165, 1.54) is 58.2 Å². The zero-order valence-electron chi connectivity index (χ0n) is 16.6. The Morgan fingerprint density at radius 2 is 1.59 bits per heavy atom. The lowest BCUT2D eigenvalue weighted by molar-refractivity contribution is 0.220. The van der Waals surface area contributed by atoms with Gasteiger partial charge >= 0.3 is 0 Å². The third kappa shape index (κ3) is 2.15. The van der Waals surface area contributed by atoms with Gasteiger partial charge in [0, 0.05) is 36.4 Å². The maximum absolute atomic E-state index is 2.85. The first-order chi connectivity index (χ1) is 13.2. The smallest absolute Gasteiger partial charge is 0.0189 e. The second-order valence-electron chi connectivity index (χ2n) is 10.0. The van der Waals surface area contributed by atoms with Gasteiger partial charge in [-0.15, -0.1) is 0 Å². The highest BCUT2D eigenvalue weighted by atomic mass is 15.2. The average molecular weight is 358 g/mol. The summed E-state index contributed by atoms with van der Waals surface area (Å²) >= 11 is 0. The molecule has 0 N–H and O–H groups in total. The number of rotatable bonds is 2. The number of hydrogen-bond acceptors (Lipinski definition) is 1. The van der Waals surface area contributed by atoms with Crippen molar-refractivity contribution in [2.75, 3.05) is 19.6 Å². The second-order valence-corrected chi connectivity index (χ2v) is 10.0. The van der Waals surface area contributed by atoms with Crippen LogP contribution in [0.2, 0.25) is 0 Å². The summed E-state index contributed by atoms with van der Waals surface area (Å²) in [6.45, 7) is 6.38. The van der Waals surface area contributed by atoms with Gasteiger partial charge in [-0.1, -0.05) is 74.7 Å². The zero-order valence-corrected chi connectivity index (χ0v) is 16.6. The molecule has 1 aliphatic heterocycles. The molecule has 1 saturated carbocycles. The van der Waals surface area contributed by atoms with Crippen molar-refractivity contribution in [1.82, 2.24) is 4.90 Å². The number of nitrogens with zero attached hydrogens (tertiary/aromatic N) is 1. The van der Waals surface area contributed by atoms with Crippen molar-refractivity contribution in [3.8, 4) is 0 Å². The van der Waals surface area contributed by atoms with Crippen LogP contribution in [-0.2, 0) is 10.8 Å². The molecule has 140 valence electrons. The lowest BCUT2D eigenvalue weighted by Gasteiger charge is -2.42. The molecule has 3 aliphatic carbocycles. The van der Waals surface area contributed by atoms with Crippen LogP contribution in [0.1, 0.15) is 73.6 Å². The molecule has 1 heterocycles. The second kappa shape index (κ2) is 5.70. The predicted molar refractivity (Wildman–Crippen MR) is 111 cm³/mol. The number of benzene rings is 2. The SMILES string of the molecule is CC12CC3(CN(CC4CCCCC4)CC3c3ccccc31)c1ccccc12. The van der Waals surface area contributed by atoms with Crippen molar-refractivity contribution in [2.45, 2.75) is 62.2 Å². The van der Waals surface area contributed by atoms with E-state index in [0.29, 0.717) is 11.3 Å². The lowest BCUT2D eigenvalue weighted by Crippen LogP contribution is -2.39. The van der Waals surface area contributed by atoms with Crippen LogP contribution in [0.3, 0.4) is 0 Å². The van der Waals surface area contributed by atoms with E-state index in [4.69, 9.17) is 0 Å². The van der Waals surface area contributed by atoms with Gasteiger partial charge < -0.3 is 4.90 Å². The Morgan fingerprint density at radius 1 is 0.889 bits per heavy atom. The minimum atomic E-state index is 0.199. The first kappa shape index (κ1) is 16.4. The minimum Gasteiger partial charge on any atom is -0.302 e. The van der Waals surface area contributed by atoms with E-state index < -0.39 is 0 Å². The third-order valence-corrected chi connectivity index (χ3v) is 8.51. The average Bonchev–Trinajstić information content (AvgIpc) is 3.18. The summed E-state index contributed by atoms with van der Waals surface area (Å²) < 4.78 is 0. The minimum absolute atomic E-state index is 0.199. The summed E-state index contributed by atoms with van der Waals surface area (Å²) in [4.78, 5) is 2.85. The van der Waals surface area contributed by atoms with Crippen LogP contribution >= 0.6 is 0 Å². The van der Waals surface area contributed by atoms with Crippen LogP contribution in [0, 0.1) is 5.92 Å². The van der Waals surface area contributed by atoms with E-state index in [1.807, 2.05) is 0 Å². The Balaban J connectivity index is 1.45. The van der Waals surface area contributed by atoms with Crippen LogP contribution in [0.5, 0.6) is 0 Å². The Labute approximate surface area is 163 Å². The normalized spacial score (nSPS) is 34.9. The Bertz CT molecular complexity index is 866. The van der Waals surface area contributed by atoms with Gasteiger partial charge in [0.15, 0.2) is 0 Å². The van der Waals surface area contributed by atoms with Gasteiger partial charge in [-0.05, 0) is 47.4 Å². The van der Waals surface area contributed by atoms with E-state index in [1.54, 1.807) is 22.3 Å². The summed E-state index contributed by atoms with van der Waals surface area (Å²) in [5, 5.41) is 0. The summed E-state index contributed by atoms with van der Waals surface area (Å²) in [7, 11) is 0. The molecule has 2 aromatic rings. The van der Waals surface area contributed by atoms with Crippen LogP contribution in [-0.4, -0.2) is 24.5 Å². The summed E-state index contributed by atoms with van der Waals surface area (Å²) in [5.74, 6) is 1.61. The number of hydrogen-bond donors (Lipinski definition) is 0. The van der Waals surface area contributed by atoms with Gasteiger partial charge in [0.25, 0.3) is 0 Å². The van der Waals surface area contributed by atoms with E-state index in [9.17, 15) is 0 Å². The van der Waals surface area contributed by atoms with E-state index in [0.717, 1.165) is 5.92 Å². The van der Waals surface area contributed by atoms with E-state index >= 15 is 0 Å². The van der Waals surface area contributed by atoms with Gasteiger partial charge in [-0.2, -0.15) is 0 Å². The van der Waals surface area contributed by atoms with Crippen LogP contribution in [0.25, 0.3) is 0 Å². The van der Waals surface area contributed by atoms with Crippen molar-refractivity contribution < 1.29 is 0 Å². The topological polar surface area (TPSA) is 3.24 Å². The molecule has 4 aliphatic rings. The summed E-state index contributed by atoms with van der Waals surface area (Å²) in [6.07, 6.45) is 8.59. The zero-order chi connectivity index (χ0) is 18.1. The Hall–Kier alpha value is -1.60. The highest BCUT2D eigenvalue weighted by Gasteiger charge is 2.62. The molecule has 0 aromatic heterocycles. The predicted octanol–water partition coefficient (Wildman–Crippen LogP) is 5.63. The van der Waals surface area contributed by atoms with Crippen molar-refractivity contribution in [2.24, 2.45) is 5.92 Å². The number of likely N-dealkylation sites (tertiary alicyclic amines) is 1. The fraction of sp³-hybridized carbons (Fsp3) is 0.538. The number of fused-ring (bicyclic) bond motifs is 3. The Kier molecular flexibility index (Phi) is 3.46. The Morgan fingerprint density at radius 3 is 2.41 bits per heavy atom. The van der Waals surface area contributed by atoms with Crippen LogP contribution in [0.15, 0.2) is 48.5 Å². The molecule has 3 unspecified atom stereocenters. The highest BCUT2D eigenvalue weighted by Crippen LogP contribution is 2.65. The lowest BCUT2D eigenvalue weighted by atomic mass is 9.61. The molecule has 2 bridgehead atoms.